The second kappa shape index (κ2) is 8.80. The predicted octanol–water partition coefficient (Wildman–Crippen LogP) is 3.45. The molecule has 0 saturated carbocycles. The summed E-state index contributed by atoms with van der Waals surface area (Å²) in [6.07, 6.45) is 1.23. The van der Waals surface area contributed by atoms with Crippen molar-refractivity contribution in [2.24, 2.45) is 5.73 Å². The van der Waals surface area contributed by atoms with E-state index in [0.717, 1.165) is 11.0 Å². The molecule has 1 aliphatic heterocycles. The van der Waals surface area contributed by atoms with E-state index in [4.69, 9.17) is 28.9 Å². The Kier molecular flexibility index (Phi) is 6.08. The largest absolute Gasteiger partial charge is 0.368 e. The molecule has 32 heavy (non-hydrogen) atoms. The fraction of sp³-hybridized carbons (Fsp3) is 0.273. The number of likely N-dealkylation sites (tertiary alicyclic amines) is 1. The van der Waals surface area contributed by atoms with E-state index in [1.165, 1.54) is 23.1 Å². The van der Waals surface area contributed by atoms with Gasteiger partial charge in [0.15, 0.2) is 0 Å². The minimum absolute atomic E-state index is 0.129. The number of fused-ring (bicyclic) bond motifs is 1. The van der Waals surface area contributed by atoms with E-state index in [1.54, 1.807) is 25.1 Å². The van der Waals surface area contributed by atoms with E-state index >= 15 is 0 Å². The van der Waals surface area contributed by atoms with Gasteiger partial charge in [0.1, 0.15) is 11.9 Å². The smallest absolute Gasteiger partial charge is 0.256 e. The second-order valence-corrected chi connectivity index (χ2v) is 8.58. The molecule has 3 amide bonds. The molecule has 4 N–H and O–H groups in total. The molecule has 2 atom stereocenters. The van der Waals surface area contributed by atoms with Gasteiger partial charge in [0, 0.05) is 17.1 Å². The molecule has 0 spiro atoms. The summed E-state index contributed by atoms with van der Waals surface area (Å²) in [5.74, 6) is -0.699. The van der Waals surface area contributed by atoms with Crippen LogP contribution in [0.3, 0.4) is 0 Å². The molecule has 10 heteroatoms. The maximum atomic E-state index is 12.8. The van der Waals surface area contributed by atoms with Gasteiger partial charge in [0.2, 0.25) is 5.91 Å². The van der Waals surface area contributed by atoms with Crippen LogP contribution in [0.15, 0.2) is 36.4 Å². The Labute approximate surface area is 194 Å². The number of hydrogen-bond acceptors (Lipinski definition) is 4. The fourth-order valence-electron chi connectivity index (χ4n) is 3.85. The van der Waals surface area contributed by atoms with Gasteiger partial charge in [-0.05, 0) is 56.2 Å². The Morgan fingerprint density at radius 1 is 1.22 bits per heavy atom. The van der Waals surface area contributed by atoms with Crippen molar-refractivity contribution < 1.29 is 14.4 Å². The fourth-order valence-corrected chi connectivity index (χ4v) is 4.28. The summed E-state index contributed by atoms with van der Waals surface area (Å²) in [5, 5.41) is 3.58. The van der Waals surface area contributed by atoms with E-state index < -0.39 is 18.0 Å². The van der Waals surface area contributed by atoms with Crippen LogP contribution in [-0.4, -0.2) is 45.2 Å². The first-order valence-electron chi connectivity index (χ1n) is 10.1. The van der Waals surface area contributed by atoms with Crippen LogP contribution in [0.2, 0.25) is 10.0 Å². The predicted molar refractivity (Wildman–Crippen MR) is 122 cm³/mol. The zero-order valence-electron chi connectivity index (χ0n) is 17.2. The molecule has 0 bridgehead atoms. The number of aromatic nitrogens is 2. The third-order valence-corrected chi connectivity index (χ3v) is 6.07. The average Bonchev–Trinajstić information content (AvgIpc) is 3.40. The minimum atomic E-state index is -0.638. The molecule has 8 nitrogen and oxygen atoms in total. The van der Waals surface area contributed by atoms with Crippen LogP contribution in [-0.2, 0) is 4.79 Å². The molecule has 166 valence electrons. The second-order valence-electron chi connectivity index (χ2n) is 7.73. The lowest BCUT2D eigenvalue weighted by atomic mass is 10.1. The molecular weight excluding hydrogens is 453 g/mol. The van der Waals surface area contributed by atoms with E-state index in [9.17, 15) is 14.4 Å². The number of benzene rings is 2. The third kappa shape index (κ3) is 4.28. The van der Waals surface area contributed by atoms with Crippen molar-refractivity contribution >= 4 is 52.0 Å². The number of carbonyl (C=O) groups is 3. The Balaban J connectivity index is 1.48. The molecule has 0 radical (unpaired) electrons. The molecule has 0 aliphatic carbocycles. The van der Waals surface area contributed by atoms with Gasteiger partial charge in [-0.1, -0.05) is 23.2 Å². The molecule has 1 aliphatic rings. The van der Waals surface area contributed by atoms with Crippen LogP contribution in [0.25, 0.3) is 11.0 Å². The van der Waals surface area contributed by atoms with E-state index in [2.05, 4.69) is 15.3 Å². The van der Waals surface area contributed by atoms with Crippen molar-refractivity contribution in [3.8, 4) is 0 Å². The number of nitrogens with zero attached hydrogens (tertiary/aromatic N) is 2. The highest BCUT2D eigenvalue weighted by atomic mass is 35.5. The maximum absolute atomic E-state index is 12.8. The first-order chi connectivity index (χ1) is 15.2. The quantitative estimate of drug-likeness (QED) is 0.525. The molecule has 2 heterocycles. The number of nitrogens with two attached hydrogens (primary N) is 1. The monoisotopic (exact) mass is 473 g/mol. The number of H-pyrrole nitrogens is 1. The lowest BCUT2D eigenvalue weighted by molar-refractivity contribution is -0.121. The number of hydrogen-bond donors (Lipinski definition) is 3. The van der Waals surface area contributed by atoms with Crippen molar-refractivity contribution in [3.63, 3.8) is 0 Å². The third-order valence-electron chi connectivity index (χ3n) is 5.52. The first kappa shape index (κ1) is 22.1. The zero-order chi connectivity index (χ0) is 23.0. The number of amides is 3. The van der Waals surface area contributed by atoms with Gasteiger partial charge in [-0.2, -0.15) is 0 Å². The van der Waals surface area contributed by atoms with Gasteiger partial charge >= 0.3 is 0 Å². The lowest BCUT2D eigenvalue weighted by Gasteiger charge is -2.22. The maximum Gasteiger partial charge on any atom is 0.256 e. The lowest BCUT2D eigenvalue weighted by Crippen LogP contribution is -2.43. The molecule has 1 saturated heterocycles. The number of aromatic amines is 1. The highest BCUT2D eigenvalue weighted by molar-refractivity contribution is 6.34. The van der Waals surface area contributed by atoms with Gasteiger partial charge in [0.05, 0.1) is 27.7 Å². The summed E-state index contributed by atoms with van der Waals surface area (Å²) in [5.41, 5.74) is 7.43. The van der Waals surface area contributed by atoms with Gasteiger partial charge < -0.3 is 20.9 Å². The van der Waals surface area contributed by atoms with Crippen molar-refractivity contribution in [2.45, 2.75) is 31.8 Å². The topological polar surface area (TPSA) is 121 Å². The van der Waals surface area contributed by atoms with Crippen LogP contribution in [0, 0.1) is 0 Å². The van der Waals surface area contributed by atoms with Gasteiger partial charge in [-0.15, -0.1) is 0 Å². The minimum Gasteiger partial charge on any atom is -0.368 e. The molecule has 2 aromatic carbocycles. The first-order valence-corrected chi connectivity index (χ1v) is 10.9. The molecule has 3 aromatic rings. The molecule has 1 fully saturated rings. The summed E-state index contributed by atoms with van der Waals surface area (Å²) < 4.78 is 0. The summed E-state index contributed by atoms with van der Waals surface area (Å²) in [7, 11) is 0. The summed E-state index contributed by atoms with van der Waals surface area (Å²) in [4.78, 5) is 46.2. The van der Waals surface area contributed by atoms with Crippen LogP contribution in [0.1, 0.15) is 52.3 Å². The highest BCUT2D eigenvalue weighted by Gasteiger charge is 2.34. The van der Waals surface area contributed by atoms with Crippen LogP contribution >= 0.6 is 23.2 Å². The SMILES string of the molecule is CC(NC(=O)c1ccc(C(=O)N2CCC[C@H]2C(N)=O)c(Cl)c1)c1nc2ccc(Cl)cc2[nH]1. The number of rotatable bonds is 5. The van der Waals surface area contributed by atoms with Gasteiger partial charge in [-0.3, -0.25) is 14.4 Å². The van der Waals surface area contributed by atoms with E-state index in [0.29, 0.717) is 35.8 Å². The molecule has 1 aromatic heterocycles. The Hall–Kier alpha value is -3.10. The van der Waals surface area contributed by atoms with Crippen molar-refractivity contribution in [1.82, 2.24) is 20.2 Å². The standard InChI is InChI=1S/C22H21Cl2N5O3/c1-11(20-27-16-7-5-13(23)10-17(16)28-20)26-21(31)12-4-6-14(15(24)9-12)22(32)29-8-2-3-18(29)19(25)30/h4-7,9-11,18H,2-3,8H2,1H3,(H2,25,30)(H,26,31)(H,27,28)/t11?,18-/m0/s1. The Morgan fingerprint density at radius 2 is 2.00 bits per heavy atom. The van der Waals surface area contributed by atoms with Crippen LogP contribution < -0.4 is 11.1 Å². The molecule has 4 rings (SSSR count). The summed E-state index contributed by atoms with van der Waals surface area (Å²) in [6, 6.07) is 8.71. The molecular formula is C22H21Cl2N5O3. The average molecular weight is 474 g/mol. The summed E-state index contributed by atoms with van der Waals surface area (Å²) >= 11 is 12.3. The number of primary amides is 1. The Morgan fingerprint density at radius 3 is 2.72 bits per heavy atom. The van der Waals surface area contributed by atoms with Gasteiger partial charge in [0.25, 0.3) is 11.8 Å². The number of halogens is 2. The zero-order valence-corrected chi connectivity index (χ0v) is 18.7. The summed E-state index contributed by atoms with van der Waals surface area (Å²) in [6.45, 7) is 2.24. The normalized spacial score (nSPS) is 16.8. The Bertz CT molecular complexity index is 1230. The van der Waals surface area contributed by atoms with Crippen LogP contribution in [0.5, 0.6) is 0 Å². The molecule has 1 unspecified atom stereocenters. The van der Waals surface area contributed by atoms with E-state index in [-0.39, 0.29) is 22.4 Å². The number of carbonyl (C=O) groups excluding carboxylic acids is 3. The van der Waals surface area contributed by atoms with Crippen molar-refractivity contribution in [3.05, 3.63) is 63.4 Å². The van der Waals surface area contributed by atoms with E-state index in [1.807, 2.05) is 0 Å². The van der Waals surface area contributed by atoms with Crippen molar-refractivity contribution in [2.75, 3.05) is 6.54 Å². The number of nitrogens with one attached hydrogen (secondary N) is 2. The van der Waals surface area contributed by atoms with Crippen molar-refractivity contribution in [1.29, 1.82) is 0 Å². The van der Waals surface area contributed by atoms with Crippen LogP contribution in [0.4, 0.5) is 0 Å². The van der Waals surface area contributed by atoms with Gasteiger partial charge in [-0.25, -0.2) is 4.98 Å². The highest BCUT2D eigenvalue weighted by Crippen LogP contribution is 2.25. The number of imidazole rings is 1.